The summed E-state index contributed by atoms with van der Waals surface area (Å²) in [5, 5.41) is 13.2. The van der Waals surface area contributed by atoms with Crippen LogP contribution in [0.5, 0.6) is 5.88 Å². The van der Waals surface area contributed by atoms with Gasteiger partial charge in [0.25, 0.3) is 11.1 Å². The lowest BCUT2D eigenvalue weighted by Crippen LogP contribution is -2.41. The van der Waals surface area contributed by atoms with Gasteiger partial charge in [0.05, 0.1) is 28.8 Å². The van der Waals surface area contributed by atoms with Crippen LogP contribution in [0.3, 0.4) is 0 Å². The van der Waals surface area contributed by atoms with E-state index in [2.05, 4.69) is 10.3 Å². The predicted octanol–water partition coefficient (Wildman–Crippen LogP) is 3.17. The highest BCUT2D eigenvalue weighted by Crippen LogP contribution is 2.34. The van der Waals surface area contributed by atoms with E-state index in [0.29, 0.717) is 16.4 Å². The molecule has 0 radical (unpaired) electrons. The monoisotopic (exact) mass is 656 g/mol. The molecule has 0 atom stereocenters. The first-order chi connectivity index (χ1) is 19.1. The maximum Gasteiger partial charge on any atom is 0.336 e. The molecule has 3 aromatic heterocycles. The van der Waals surface area contributed by atoms with E-state index >= 15 is 0 Å². The number of aromatic hydroxyl groups is 1. The summed E-state index contributed by atoms with van der Waals surface area (Å²) in [6, 6.07) is 10.4. The van der Waals surface area contributed by atoms with E-state index in [1.165, 1.54) is 41.3 Å². The topological polar surface area (TPSA) is 136 Å². The number of aromatic amines is 1. The second-order valence-electron chi connectivity index (χ2n) is 9.64. The highest BCUT2D eigenvalue weighted by atomic mass is 127. The van der Waals surface area contributed by atoms with Crippen LogP contribution in [0.25, 0.3) is 22.3 Å². The summed E-state index contributed by atoms with van der Waals surface area (Å²) in [4.78, 5) is 56.0. The lowest BCUT2D eigenvalue weighted by Gasteiger charge is -2.21. The van der Waals surface area contributed by atoms with E-state index in [0.717, 1.165) is 15.3 Å². The van der Waals surface area contributed by atoms with Crippen molar-refractivity contribution in [3.8, 4) is 17.3 Å². The van der Waals surface area contributed by atoms with Crippen LogP contribution in [0.1, 0.15) is 24.4 Å². The van der Waals surface area contributed by atoms with Gasteiger partial charge in [-0.3, -0.25) is 23.3 Å². The van der Waals surface area contributed by atoms with E-state index in [1.54, 1.807) is 24.3 Å². The summed E-state index contributed by atoms with van der Waals surface area (Å²) in [6.07, 6.45) is 2.40. The Balaban J connectivity index is 1.73. The number of rotatable bonds is 5. The number of hydrogen-bond acceptors (Lipinski definition) is 6. The molecule has 204 valence electrons. The number of aromatic nitrogens is 5. The number of fused-ring (bicyclic) bond motifs is 1. The third kappa shape index (κ3) is 3.99. The van der Waals surface area contributed by atoms with Crippen LogP contribution in [0.4, 0.5) is 15.9 Å². The maximum absolute atomic E-state index is 14.9. The van der Waals surface area contributed by atoms with Gasteiger partial charge < -0.3 is 15.4 Å². The van der Waals surface area contributed by atoms with Gasteiger partial charge in [0.2, 0.25) is 5.88 Å². The molecule has 0 unspecified atom stereocenters. The smallest absolute Gasteiger partial charge is 0.336 e. The summed E-state index contributed by atoms with van der Waals surface area (Å²) >= 11 is 1.98. The molecular weight excluding hydrogens is 634 g/mol. The number of anilines is 2. The Kier molecular flexibility index (Phi) is 6.05. The Labute approximate surface area is 237 Å². The largest absolute Gasteiger partial charge is 0.493 e. The van der Waals surface area contributed by atoms with Gasteiger partial charge in [0.15, 0.2) is 0 Å². The minimum atomic E-state index is -0.648. The van der Waals surface area contributed by atoms with Crippen molar-refractivity contribution in [3.05, 3.63) is 105 Å². The fourth-order valence-electron chi connectivity index (χ4n) is 4.95. The molecular formula is C27H22FIN6O5. The van der Waals surface area contributed by atoms with Crippen LogP contribution < -0.4 is 27.8 Å². The average molecular weight is 656 g/mol. The summed E-state index contributed by atoms with van der Waals surface area (Å²) < 4.78 is 20.2. The highest BCUT2D eigenvalue weighted by molar-refractivity contribution is 14.1. The molecule has 0 amide bonds. The molecule has 13 heteroatoms. The van der Waals surface area contributed by atoms with Gasteiger partial charge in [0.1, 0.15) is 17.0 Å². The van der Waals surface area contributed by atoms with E-state index in [1.807, 2.05) is 22.6 Å². The molecule has 2 aromatic carbocycles. The number of hydrogen-bond donors (Lipinski definition) is 3. The first kappa shape index (κ1) is 25.9. The Bertz CT molecular complexity index is 2100. The first-order valence-electron chi connectivity index (χ1n) is 12.3. The van der Waals surface area contributed by atoms with E-state index in [-0.39, 0.29) is 51.3 Å². The van der Waals surface area contributed by atoms with Gasteiger partial charge in [0, 0.05) is 22.2 Å². The lowest BCUT2D eigenvalue weighted by molar-refractivity contribution is 0.441. The minimum Gasteiger partial charge on any atom is -0.493 e. The van der Waals surface area contributed by atoms with Crippen molar-refractivity contribution in [3.63, 3.8) is 0 Å². The summed E-state index contributed by atoms with van der Waals surface area (Å²) in [6.45, 7) is 1.52. The summed E-state index contributed by atoms with van der Waals surface area (Å²) in [5.74, 6) is -0.874. The maximum atomic E-state index is 14.9. The third-order valence-electron chi connectivity index (χ3n) is 7.04. The fraction of sp³-hybridized carbons (Fsp3) is 0.185. The molecule has 0 spiro atoms. The van der Waals surface area contributed by atoms with Crippen molar-refractivity contribution >= 4 is 45.0 Å². The number of nitrogens with one attached hydrogen (secondary N) is 2. The lowest BCUT2D eigenvalue weighted by atomic mass is 10.1. The van der Waals surface area contributed by atoms with Crippen molar-refractivity contribution in [2.75, 3.05) is 5.32 Å². The van der Waals surface area contributed by atoms with E-state index in [4.69, 9.17) is 0 Å². The molecule has 6 rings (SSSR count). The molecule has 0 bridgehead atoms. The quantitative estimate of drug-likeness (QED) is 0.249. The van der Waals surface area contributed by atoms with Gasteiger partial charge in [-0.15, -0.1) is 0 Å². The van der Waals surface area contributed by atoms with Gasteiger partial charge in [-0.2, -0.15) is 0 Å². The number of pyridine rings is 1. The normalized spacial score (nSPS) is 13.2. The van der Waals surface area contributed by atoms with Crippen LogP contribution in [-0.4, -0.2) is 28.4 Å². The van der Waals surface area contributed by atoms with Crippen LogP contribution in [0.15, 0.2) is 67.8 Å². The van der Waals surface area contributed by atoms with Crippen molar-refractivity contribution in [1.82, 2.24) is 23.3 Å². The fourth-order valence-corrected chi connectivity index (χ4v) is 5.41. The second kappa shape index (κ2) is 9.36. The summed E-state index contributed by atoms with van der Waals surface area (Å²) in [7, 11) is 1.47. The molecule has 1 aliphatic rings. The molecule has 1 aliphatic carbocycles. The molecule has 3 N–H and O–H groups in total. The molecule has 5 aromatic rings. The highest BCUT2D eigenvalue weighted by Gasteiger charge is 2.31. The van der Waals surface area contributed by atoms with Crippen LogP contribution in [0, 0.1) is 16.3 Å². The van der Waals surface area contributed by atoms with Crippen LogP contribution in [0.2, 0.25) is 0 Å². The number of benzene rings is 2. The Morgan fingerprint density at radius 3 is 2.35 bits per heavy atom. The molecule has 0 aliphatic heterocycles. The summed E-state index contributed by atoms with van der Waals surface area (Å²) in [5.41, 5.74) is -1.56. The molecule has 1 saturated carbocycles. The first-order valence-corrected chi connectivity index (χ1v) is 13.4. The number of nitrogens with zero attached hydrogens (tertiary/aromatic N) is 4. The average Bonchev–Trinajstić information content (AvgIpc) is 3.69. The van der Waals surface area contributed by atoms with Crippen LogP contribution in [-0.2, 0) is 7.05 Å². The zero-order valence-corrected chi connectivity index (χ0v) is 23.4. The Morgan fingerprint density at radius 2 is 1.73 bits per heavy atom. The third-order valence-corrected chi connectivity index (χ3v) is 7.71. The Hall–Kier alpha value is -4.40. The van der Waals surface area contributed by atoms with Gasteiger partial charge >= 0.3 is 11.4 Å². The second-order valence-corrected chi connectivity index (χ2v) is 10.9. The van der Waals surface area contributed by atoms with Crippen molar-refractivity contribution < 1.29 is 9.50 Å². The minimum absolute atomic E-state index is 0.0366. The molecule has 0 saturated heterocycles. The van der Waals surface area contributed by atoms with Gasteiger partial charge in [-0.25, -0.2) is 18.5 Å². The number of aryl methyl sites for hydroxylation is 1. The van der Waals surface area contributed by atoms with Crippen molar-refractivity contribution in [2.45, 2.75) is 25.8 Å². The van der Waals surface area contributed by atoms with Gasteiger partial charge in [-0.1, -0.05) is 6.07 Å². The SMILES string of the molecule is Cc1c(=O)n(C)c(Nc2ccc(I)cc2F)c2c(=O)n(C3CC3)c(=O)n(-c3cccc(-n4c(O)c[nH]c4=O)c3)c12. The number of imidazole rings is 1. The molecule has 1 fully saturated rings. The zero-order valence-electron chi connectivity index (χ0n) is 21.2. The van der Waals surface area contributed by atoms with Gasteiger partial charge in [-0.05, 0) is 78.8 Å². The Morgan fingerprint density at radius 1 is 1.02 bits per heavy atom. The standard InChI is InChI=1S/C27H22FIN6O5/c1-13-22-21(23(32(2)24(13)37)31-19-9-6-14(29)10-18(19)28)25(38)35(15-7-8-15)27(40)34(22)17-5-3-4-16(11-17)33-20(36)12-30-26(33)39/h3-6,9-12,15,31,36H,7-8H2,1-2H3,(H,30,39). The van der Waals surface area contributed by atoms with E-state index in [9.17, 15) is 28.7 Å². The van der Waals surface area contributed by atoms with Crippen LogP contribution >= 0.6 is 22.6 Å². The number of halogens is 2. The van der Waals surface area contributed by atoms with E-state index < -0.39 is 28.3 Å². The van der Waals surface area contributed by atoms with Crippen molar-refractivity contribution in [1.29, 1.82) is 0 Å². The molecule has 40 heavy (non-hydrogen) atoms. The molecule has 11 nitrogen and oxygen atoms in total. The predicted molar refractivity (Wildman–Crippen MR) is 156 cm³/mol. The zero-order chi connectivity index (χ0) is 28.5. The molecule has 3 heterocycles. The van der Waals surface area contributed by atoms with Crippen molar-refractivity contribution in [2.24, 2.45) is 7.05 Å². The number of H-pyrrole nitrogens is 1.